The Balaban J connectivity index is 1.76. The average Bonchev–Trinajstić information content (AvgIpc) is 2.95. The lowest BCUT2D eigenvalue weighted by molar-refractivity contribution is 0.103. The summed E-state index contributed by atoms with van der Waals surface area (Å²) < 4.78 is 18.4. The van der Waals surface area contributed by atoms with Gasteiger partial charge in [-0.25, -0.2) is 9.37 Å². The number of halogens is 1. The van der Waals surface area contributed by atoms with Crippen LogP contribution in [0.2, 0.25) is 0 Å². The Labute approximate surface area is 148 Å². The van der Waals surface area contributed by atoms with Crippen molar-refractivity contribution in [3.63, 3.8) is 0 Å². The molecule has 2 N–H and O–H groups in total. The van der Waals surface area contributed by atoms with Crippen LogP contribution in [0.5, 0.6) is 5.75 Å². The average molecular weight is 357 g/mol. The van der Waals surface area contributed by atoms with E-state index in [0.717, 1.165) is 0 Å². The molecule has 0 saturated carbocycles. The minimum absolute atomic E-state index is 0.254. The molecule has 0 radical (unpaired) electrons. The van der Waals surface area contributed by atoms with Crippen molar-refractivity contribution >= 4 is 33.8 Å². The first-order valence-corrected chi connectivity index (χ1v) is 8.32. The van der Waals surface area contributed by atoms with Crippen LogP contribution in [0.3, 0.4) is 0 Å². The van der Waals surface area contributed by atoms with Crippen molar-refractivity contribution in [3.05, 3.63) is 64.9 Å². The number of nitrogens with one attached hydrogen (secondary N) is 2. The van der Waals surface area contributed by atoms with Crippen LogP contribution in [-0.4, -0.2) is 18.0 Å². The molecule has 2 aromatic carbocycles. The largest absolute Gasteiger partial charge is 0.497 e. The second-order valence-electron chi connectivity index (χ2n) is 5.25. The van der Waals surface area contributed by atoms with Crippen molar-refractivity contribution in [1.82, 2.24) is 4.98 Å². The smallest absolute Gasteiger partial charge is 0.267 e. The highest BCUT2D eigenvalue weighted by atomic mass is 32.1. The summed E-state index contributed by atoms with van der Waals surface area (Å²) in [5, 5.41) is 6.36. The van der Waals surface area contributed by atoms with Crippen LogP contribution in [0.15, 0.2) is 48.5 Å². The predicted molar refractivity (Wildman–Crippen MR) is 97.5 cm³/mol. The molecule has 1 amide bonds. The van der Waals surface area contributed by atoms with E-state index in [1.807, 2.05) is 0 Å². The lowest BCUT2D eigenvalue weighted by Crippen LogP contribution is -2.11. The van der Waals surface area contributed by atoms with E-state index in [-0.39, 0.29) is 11.7 Å². The molecule has 0 unspecified atom stereocenters. The molecular formula is C18H16FN3O2S. The van der Waals surface area contributed by atoms with Crippen LogP contribution >= 0.6 is 11.3 Å². The first-order valence-electron chi connectivity index (χ1n) is 7.50. The summed E-state index contributed by atoms with van der Waals surface area (Å²) >= 11 is 1.21. The van der Waals surface area contributed by atoms with E-state index in [1.165, 1.54) is 23.5 Å². The van der Waals surface area contributed by atoms with Gasteiger partial charge in [-0.3, -0.25) is 4.79 Å². The summed E-state index contributed by atoms with van der Waals surface area (Å²) in [6.45, 7) is 1.76. The number of anilines is 3. The molecule has 0 aliphatic heterocycles. The van der Waals surface area contributed by atoms with E-state index in [9.17, 15) is 9.18 Å². The summed E-state index contributed by atoms with van der Waals surface area (Å²) in [6.07, 6.45) is 0. The molecule has 0 atom stereocenters. The molecule has 25 heavy (non-hydrogen) atoms. The molecule has 0 fully saturated rings. The van der Waals surface area contributed by atoms with Gasteiger partial charge in [0.05, 0.1) is 12.8 Å². The second kappa shape index (κ2) is 7.31. The van der Waals surface area contributed by atoms with Crippen molar-refractivity contribution in [2.24, 2.45) is 0 Å². The molecule has 7 heteroatoms. The number of aryl methyl sites for hydroxylation is 1. The Bertz CT molecular complexity index is 911. The molecule has 3 rings (SSSR count). The molecule has 1 aromatic heterocycles. The van der Waals surface area contributed by atoms with Crippen LogP contribution < -0.4 is 15.4 Å². The van der Waals surface area contributed by atoms with Crippen molar-refractivity contribution in [2.75, 3.05) is 17.7 Å². The van der Waals surface area contributed by atoms with Crippen molar-refractivity contribution in [2.45, 2.75) is 6.92 Å². The highest BCUT2D eigenvalue weighted by Crippen LogP contribution is 2.27. The zero-order valence-electron chi connectivity index (χ0n) is 13.7. The van der Waals surface area contributed by atoms with Gasteiger partial charge in [0.2, 0.25) is 0 Å². The fourth-order valence-electron chi connectivity index (χ4n) is 2.24. The van der Waals surface area contributed by atoms with Crippen molar-refractivity contribution in [3.8, 4) is 5.75 Å². The van der Waals surface area contributed by atoms with Gasteiger partial charge >= 0.3 is 0 Å². The van der Waals surface area contributed by atoms with Crippen molar-refractivity contribution in [1.29, 1.82) is 0 Å². The number of aromatic nitrogens is 1. The van der Waals surface area contributed by atoms with Gasteiger partial charge < -0.3 is 15.4 Å². The van der Waals surface area contributed by atoms with E-state index < -0.39 is 0 Å². The van der Waals surface area contributed by atoms with Crippen LogP contribution in [0.4, 0.5) is 20.9 Å². The zero-order valence-corrected chi connectivity index (χ0v) is 14.5. The Morgan fingerprint density at radius 3 is 2.68 bits per heavy atom. The lowest BCUT2D eigenvalue weighted by atomic mass is 10.3. The number of benzene rings is 2. The molecule has 0 spiro atoms. The Kier molecular flexibility index (Phi) is 4.95. The fraction of sp³-hybridized carbons (Fsp3) is 0.111. The van der Waals surface area contributed by atoms with Crippen LogP contribution in [0, 0.1) is 12.7 Å². The third kappa shape index (κ3) is 4.13. The standard InChI is InChI=1S/C18H16FN3O2S/c1-11-16(17(23)21-14-7-4-8-15(10-14)24-2)25-18(20-11)22-13-6-3-5-12(19)9-13/h3-10H,1-2H3,(H,20,22)(H,21,23). The van der Waals surface area contributed by atoms with Gasteiger partial charge in [-0.05, 0) is 37.3 Å². The minimum atomic E-state index is -0.339. The van der Waals surface area contributed by atoms with Gasteiger partial charge in [0.25, 0.3) is 5.91 Å². The summed E-state index contributed by atoms with van der Waals surface area (Å²) in [7, 11) is 1.57. The Hall–Kier alpha value is -2.93. The molecule has 0 aliphatic carbocycles. The Morgan fingerprint density at radius 1 is 1.16 bits per heavy atom. The maximum atomic E-state index is 13.3. The van der Waals surface area contributed by atoms with Gasteiger partial charge in [-0.15, -0.1) is 0 Å². The number of amides is 1. The third-order valence-electron chi connectivity index (χ3n) is 3.41. The van der Waals surface area contributed by atoms with E-state index in [1.54, 1.807) is 50.4 Å². The lowest BCUT2D eigenvalue weighted by Gasteiger charge is -2.06. The molecule has 0 saturated heterocycles. The van der Waals surface area contributed by atoms with Crippen LogP contribution in [0.25, 0.3) is 0 Å². The van der Waals surface area contributed by atoms with E-state index >= 15 is 0 Å². The first-order chi connectivity index (χ1) is 12.0. The fourth-order valence-corrected chi connectivity index (χ4v) is 3.12. The third-order valence-corrected chi connectivity index (χ3v) is 4.48. The summed E-state index contributed by atoms with van der Waals surface area (Å²) in [4.78, 5) is 17.3. The maximum absolute atomic E-state index is 13.3. The molecule has 5 nitrogen and oxygen atoms in total. The van der Waals surface area contributed by atoms with E-state index in [4.69, 9.17) is 4.74 Å². The molecule has 3 aromatic rings. The molecular weight excluding hydrogens is 341 g/mol. The highest BCUT2D eigenvalue weighted by molar-refractivity contribution is 7.17. The van der Waals surface area contributed by atoms with E-state index in [0.29, 0.717) is 32.8 Å². The van der Waals surface area contributed by atoms with Gasteiger partial charge in [0.15, 0.2) is 5.13 Å². The first kappa shape index (κ1) is 16.9. The quantitative estimate of drug-likeness (QED) is 0.701. The van der Waals surface area contributed by atoms with Gasteiger partial charge in [-0.1, -0.05) is 23.5 Å². The Morgan fingerprint density at radius 2 is 1.92 bits per heavy atom. The number of rotatable bonds is 5. The highest BCUT2D eigenvalue weighted by Gasteiger charge is 2.16. The maximum Gasteiger partial charge on any atom is 0.267 e. The molecule has 0 bridgehead atoms. The number of methoxy groups -OCH3 is 1. The number of hydrogen-bond donors (Lipinski definition) is 2. The van der Waals surface area contributed by atoms with Gasteiger partial charge in [0, 0.05) is 17.4 Å². The normalized spacial score (nSPS) is 10.4. The minimum Gasteiger partial charge on any atom is -0.497 e. The van der Waals surface area contributed by atoms with Crippen LogP contribution in [0.1, 0.15) is 15.4 Å². The number of carbonyl (C=O) groups is 1. The SMILES string of the molecule is COc1cccc(NC(=O)c2sc(Nc3cccc(F)c3)nc2C)c1. The molecule has 128 valence electrons. The zero-order chi connectivity index (χ0) is 17.8. The van der Waals surface area contributed by atoms with Crippen LogP contribution in [-0.2, 0) is 0 Å². The topological polar surface area (TPSA) is 63.2 Å². The number of hydrogen-bond acceptors (Lipinski definition) is 5. The number of ether oxygens (including phenoxy) is 1. The van der Waals surface area contributed by atoms with E-state index in [2.05, 4.69) is 15.6 Å². The monoisotopic (exact) mass is 357 g/mol. The summed E-state index contributed by atoms with van der Waals surface area (Å²) in [5.41, 5.74) is 1.81. The number of thiazole rings is 1. The van der Waals surface area contributed by atoms with Gasteiger partial charge in [0.1, 0.15) is 16.4 Å². The number of nitrogens with zero attached hydrogens (tertiary/aromatic N) is 1. The summed E-state index contributed by atoms with van der Waals surface area (Å²) in [6, 6.07) is 13.2. The second-order valence-corrected chi connectivity index (χ2v) is 6.25. The molecule has 1 heterocycles. The predicted octanol–water partition coefficient (Wildman–Crippen LogP) is 4.60. The summed E-state index contributed by atoms with van der Waals surface area (Å²) in [5.74, 6) is 0.0668. The number of carbonyl (C=O) groups excluding carboxylic acids is 1. The van der Waals surface area contributed by atoms with Crippen molar-refractivity contribution < 1.29 is 13.9 Å². The van der Waals surface area contributed by atoms with Gasteiger partial charge in [-0.2, -0.15) is 0 Å². The molecule has 0 aliphatic rings.